The predicted octanol–water partition coefficient (Wildman–Crippen LogP) is 7.87. The van der Waals surface area contributed by atoms with Gasteiger partial charge in [-0.15, -0.1) is 0 Å². The van der Waals surface area contributed by atoms with Gasteiger partial charge in [0.1, 0.15) is 0 Å². The summed E-state index contributed by atoms with van der Waals surface area (Å²) in [6.07, 6.45) is 11.2. The number of benzene rings is 1. The SMILES string of the molecule is C/C(=C\CC(C)C)c1ccccc1.CC.CC(C)CCCCn1cccn1. The molecule has 0 spiro atoms. The summed E-state index contributed by atoms with van der Waals surface area (Å²) in [5.41, 5.74) is 2.72. The van der Waals surface area contributed by atoms with Crippen LogP contribution in [-0.4, -0.2) is 9.78 Å². The number of rotatable bonds is 8. The van der Waals surface area contributed by atoms with Crippen LogP contribution in [0.5, 0.6) is 0 Å². The van der Waals surface area contributed by atoms with Crippen molar-refractivity contribution in [2.24, 2.45) is 11.8 Å². The molecule has 2 rings (SSSR count). The Bertz CT molecular complexity index is 566. The minimum absolute atomic E-state index is 0.749. The Labute approximate surface area is 168 Å². The normalized spacial score (nSPS) is 10.9. The second-order valence-electron chi connectivity index (χ2n) is 7.54. The molecule has 2 aromatic rings. The highest BCUT2D eigenvalue weighted by Gasteiger charge is 1.95. The van der Waals surface area contributed by atoms with Gasteiger partial charge in [-0.1, -0.05) is 90.8 Å². The lowest BCUT2D eigenvalue weighted by Gasteiger charge is -2.03. The molecule has 0 N–H and O–H groups in total. The molecule has 1 aromatic carbocycles. The van der Waals surface area contributed by atoms with Crippen molar-refractivity contribution in [3.05, 3.63) is 60.4 Å². The topological polar surface area (TPSA) is 17.8 Å². The molecule has 0 bridgehead atoms. The van der Waals surface area contributed by atoms with Gasteiger partial charge in [0.2, 0.25) is 0 Å². The van der Waals surface area contributed by atoms with Crippen LogP contribution in [0.3, 0.4) is 0 Å². The smallest absolute Gasteiger partial charge is 0.0489 e. The van der Waals surface area contributed by atoms with Crippen LogP contribution in [0.4, 0.5) is 0 Å². The zero-order chi connectivity index (χ0) is 20.5. The molecule has 27 heavy (non-hydrogen) atoms. The van der Waals surface area contributed by atoms with E-state index in [-0.39, 0.29) is 0 Å². The molecule has 0 radical (unpaired) electrons. The van der Waals surface area contributed by atoms with Gasteiger partial charge in [-0.3, -0.25) is 4.68 Å². The van der Waals surface area contributed by atoms with E-state index in [0.717, 1.165) is 18.4 Å². The second kappa shape index (κ2) is 16.4. The first-order valence-corrected chi connectivity index (χ1v) is 10.7. The molecule has 0 amide bonds. The fraction of sp³-hybridized carbons (Fsp3) is 0.560. The molecule has 0 aliphatic carbocycles. The molecule has 0 unspecified atom stereocenters. The summed E-state index contributed by atoms with van der Waals surface area (Å²) in [5.74, 6) is 1.58. The van der Waals surface area contributed by atoms with Crippen LogP contribution in [0.25, 0.3) is 5.57 Å². The quantitative estimate of drug-likeness (QED) is 0.432. The summed E-state index contributed by atoms with van der Waals surface area (Å²) in [6, 6.07) is 12.5. The zero-order valence-electron chi connectivity index (χ0n) is 18.8. The Morgan fingerprint density at radius 1 is 0.963 bits per heavy atom. The Morgan fingerprint density at radius 3 is 2.15 bits per heavy atom. The Hall–Kier alpha value is -1.83. The van der Waals surface area contributed by atoms with Crippen molar-refractivity contribution in [3.63, 3.8) is 0 Å². The number of unbranched alkanes of at least 4 members (excludes halogenated alkanes) is 1. The van der Waals surface area contributed by atoms with Gasteiger partial charge >= 0.3 is 0 Å². The van der Waals surface area contributed by atoms with Gasteiger partial charge in [0.25, 0.3) is 0 Å². The number of aromatic nitrogens is 2. The van der Waals surface area contributed by atoms with Crippen molar-refractivity contribution < 1.29 is 0 Å². The minimum Gasteiger partial charge on any atom is -0.273 e. The average Bonchev–Trinajstić information content (AvgIpc) is 3.19. The van der Waals surface area contributed by atoms with Crippen LogP contribution >= 0.6 is 0 Å². The van der Waals surface area contributed by atoms with Gasteiger partial charge in [0.05, 0.1) is 0 Å². The highest BCUT2D eigenvalue weighted by Crippen LogP contribution is 2.15. The zero-order valence-corrected chi connectivity index (χ0v) is 18.8. The van der Waals surface area contributed by atoms with Crippen molar-refractivity contribution in [1.82, 2.24) is 9.78 Å². The molecule has 0 fully saturated rings. The maximum absolute atomic E-state index is 4.15. The van der Waals surface area contributed by atoms with Crippen molar-refractivity contribution in [2.45, 2.75) is 80.7 Å². The van der Waals surface area contributed by atoms with E-state index in [0.29, 0.717) is 0 Å². The number of hydrogen-bond acceptors (Lipinski definition) is 1. The largest absolute Gasteiger partial charge is 0.273 e. The van der Waals surface area contributed by atoms with Crippen LogP contribution in [0.15, 0.2) is 54.9 Å². The van der Waals surface area contributed by atoms with Crippen LogP contribution in [-0.2, 0) is 6.54 Å². The molecule has 0 atom stereocenters. The van der Waals surface area contributed by atoms with Gasteiger partial charge < -0.3 is 0 Å². The standard InChI is InChI=1S/C13H18.C10H18N2.C2H6/c1-11(2)9-10-12(3)13-7-5-4-6-8-13;1-10(2)6-3-4-8-12-9-5-7-11-12;1-2/h4-8,10-11H,9H2,1-3H3;5,7,9-10H,3-4,6,8H2,1-2H3;1-2H3/b12-10+;;. The van der Waals surface area contributed by atoms with Gasteiger partial charge in [0.15, 0.2) is 0 Å². The first-order valence-electron chi connectivity index (χ1n) is 10.7. The van der Waals surface area contributed by atoms with E-state index in [9.17, 15) is 0 Å². The first kappa shape index (κ1) is 25.2. The van der Waals surface area contributed by atoms with Gasteiger partial charge in [-0.25, -0.2) is 0 Å². The molecule has 152 valence electrons. The first-order chi connectivity index (χ1) is 13.0. The lowest BCUT2D eigenvalue weighted by molar-refractivity contribution is 0.492. The summed E-state index contributed by atoms with van der Waals surface area (Å²) >= 11 is 0. The molecular formula is C25H42N2. The Kier molecular flexibility index (Phi) is 15.2. The van der Waals surface area contributed by atoms with Crippen LogP contribution in [0.2, 0.25) is 0 Å². The summed E-state index contributed by atoms with van der Waals surface area (Å²) in [6.45, 7) is 16.3. The number of hydrogen-bond donors (Lipinski definition) is 0. The second-order valence-corrected chi connectivity index (χ2v) is 7.54. The maximum Gasteiger partial charge on any atom is 0.0489 e. The molecule has 1 aromatic heterocycles. The van der Waals surface area contributed by atoms with E-state index in [2.05, 4.69) is 76.1 Å². The summed E-state index contributed by atoms with van der Waals surface area (Å²) in [5, 5.41) is 4.15. The van der Waals surface area contributed by atoms with E-state index < -0.39 is 0 Å². The Morgan fingerprint density at radius 2 is 1.63 bits per heavy atom. The summed E-state index contributed by atoms with van der Waals surface area (Å²) in [7, 11) is 0. The lowest BCUT2D eigenvalue weighted by Crippen LogP contribution is -1.98. The maximum atomic E-state index is 4.15. The summed E-state index contributed by atoms with van der Waals surface area (Å²) < 4.78 is 2.00. The van der Waals surface area contributed by atoms with E-state index in [1.807, 2.05) is 37.0 Å². The van der Waals surface area contributed by atoms with E-state index in [1.165, 1.54) is 36.8 Å². The minimum atomic E-state index is 0.749. The van der Waals surface area contributed by atoms with Gasteiger partial charge in [0, 0.05) is 18.9 Å². The third-order valence-corrected chi connectivity index (χ3v) is 4.10. The molecule has 2 nitrogen and oxygen atoms in total. The molecular weight excluding hydrogens is 328 g/mol. The van der Waals surface area contributed by atoms with E-state index in [4.69, 9.17) is 0 Å². The molecule has 0 aliphatic rings. The molecule has 0 saturated carbocycles. The molecule has 1 heterocycles. The van der Waals surface area contributed by atoms with Gasteiger partial charge in [-0.2, -0.15) is 5.10 Å². The molecule has 0 saturated heterocycles. The monoisotopic (exact) mass is 370 g/mol. The Balaban J connectivity index is 0.000000460. The third-order valence-electron chi connectivity index (χ3n) is 4.10. The average molecular weight is 371 g/mol. The number of allylic oxidation sites excluding steroid dienone is 2. The van der Waals surface area contributed by atoms with E-state index >= 15 is 0 Å². The highest BCUT2D eigenvalue weighted by atomic mass is 15.3. The number of nitrogens with zero attached hydrogens (tertiary/aromatic N) is 2. The van der Waals surface area contributed by atoms with Crippen molar-refractivity contribution in [2.75, 3.05) is 0 Å². The molecule has 0 aliphatic heterocycles. The summed E-state index contributed by atoms with van der Waals surface area (Å²) in [4.78, 5) is 0. The van der Waals surface area contributed by atoms with Gasteiger partial charge in [-0.05, 0) is 48.8 Å². The van der Waals surface area contributed by atoms with Crippen molar-refractivity contribution >= 4 is 5.57 Å². The van der Waals surface area contributed by atoms with Crippen molar-refractivity contribution in [3.8, 4) is 0 Å². The third kappa shape index (κ3) is 14.0. The lowest BCUT2D eigenvalue weighted by atomic mass is 10.0. The molecule has 2 heteroatoms. The van der Waals surface area contributed by atoms with Crippen LogP contribution in [0.1, 0.15) is 79.7 Å². The fourth-order valence-corrected chi connectivity index (χ4v) is 2.49. The van der Waals surface area contributed by atoms with Crippen molar-refractivity contribution in [1.29, 1.82) is 0 Å². The van der Waals surface area contributed by atoms with E-state index in [1.54, 1.807) is 0 Å². The predicted molar refractivity (Wildman–Crippen MR) is 122 cm³/mol. The van der Waals surface area contributed by atoms with Crippen LogP contribution in [0, 0.1) is 11.8 Å². The highest BCUT2D eigenvalue weighted by molar-refractivity contribution is 5.63. The fourth-order valence-electron chi connectivity index (χ4n) is 2.49. The number of aryl methyl sites for hydroxylation is 1. The van der Waals surface area contributed by atoms with Crippen LogP contribution < -0.4 is 0 Å².